The molecule has 2 aromatic rings. The lowest BCUT2D eigenvalue weighted by Gasteiger charge is -2.36. The van der Waals surface area contributed by atoms with Crippen LogP contribution < -0.4 is 4.90 Å². The van der Waals surface area contributed by atoms with Crippen molar-refractivity contribution in [2.45, 2.75) is 12.7 Å². The van der Waals surface area contributed by atoms with E-state index in [4.69, 9.17) is 0 Å². The van der Waals surface area contributed by atoms with Gasteiger partial charge in [-0.05, 0) is 48.0 Å². The minimum Gasteiger partial charge on any atom is -0.508 e. The number of piperazine rings is 1. The first kappa shape index (κ1) is 17.5. The summed E-state index contributed by atoms with van der Waals surface area (Å²) >= 11 is 0. The third-order valence-corrected chi connectivity index (χ3v) is 4.28. The van der Waals surface area contributed by atoms with Crippen LogP contribution in [0.2, 0.25) is 0 Å². The van der Waals surface area contributed by atoms with Gasteiger partial charge in [0.05, 0.1) is 5.56 Å². The van der Waals surface area contributed by atoms with E-state index >= 15 is 0 Å². The Labute approximate surface area is 143 Å². The van der Waals surface area contributed by atoms with Gasteiger partial charge >= 0.3 is 6.18 Å². The smallest absolute Gasteiger partial charge is 0.416 e. The second kappa shape index (κ2) is 6.92. The lowest BCUT2D eigenvalue weighted by Crippen LogP contribution is -2.46. The van der Waals surface area contributed by atoms with Crippen LogP contribution in [0.1, 0.15) is 11.1 Å². The van der Waals surface area contributed by atoms with Crippen LogP contribution in [0.25, 0.3) is 0 Å². The second-order valence-corrected chi connectivity index (χ2v) is 6.13. The van der Waals surface area contributed by atoms with Crippen molar-refractivity contribution in [2.24, 2.45) is 0 Å². The SMILES string of the molecule is Oc1ccc(N2CCN(Cc3cc(F)cc(C(F)(F)F)c3)CC2)cc1. The highest BCUT2D eigenvalue weighted by Crippen LogP contribution is 2.31. The highest BCUT2D eigenvalue weighted by atomic mass is 19.4. The summed E-state index contributed by atoms with van der Waals surface area (Å²) in [6, 6.07) is 9.57. The van der Waals surface area contributed by atoms with E-state index in [1.165, 1.54) is 0 Å². The molecule has 1 fully saturated rings. The largest absolute Gasteiger partial charge is 0.508 e. The molecular weight excluding hydrogens is 336 g/mol. The van der Waals surface area contributed by atoms with E-state index in [1.54, 1.807) is 12.1 Å². The summed E-state index contributed by atoms with van der Waals surface area (Å²) in [5.41, 5.74) is 0.359. The van der Waals surface area contributed by atoms with E-state index in [0.717, 1.165) is 17.8 Å². The van der Waals surface area contributed by atoms with E-state index in [2.05, 4.69) is 4.90 Å². The number of hydrogen-bond donors (Lipinski definition) is 1. The average Bonchev–Trinajstić information content (AvgIpc) is 2.55. The molecule has 0 radical (unpaired) electrons. The van der Waals surface area contributed by atoms with Gasteiger partial charge in [-0.15, -0.1) is 0 Å². The van der Waals surface area contributed by atoms with Crippen LogP contribution in [-0.2, 0) is 12.7 Å². The van der Waals surface area contributed by atoms with E-state index < -0.39 is 17.6 Å². The summed E-state index contributed by atoms with van der Waals surface area (Å²) < 4.78 is 51.8. The molecule has 1 saturated heterocycles. The molecule has 1 heterocycles. The average molecular weight is 354 g/mol. The number of anilines is 1. The summed E-state index contributed by atoms with van der Waals surface area (Å²) in [6.45, 7) is 3.04. The number of phenols is 1. The van der Waals surface area contributed by atoms with Crippen molar-refractivity contribution >= 4 is 5.69 Å². The van der Waals surface area contributed by atoms with Crippen LogP contribution in [0.15, 0.2) is 42.5 Å². The van der Waals surface area contributed by atoms with Gasteiger partial charge in [-0.3, -0.25) is 4.90 Å². The third-order valence-electron chi connectivity index (χ3n) is 4.28. The Kier molecular flexibility index (Phi) is 4.85. The molecule has 7 heteroatoms. The van der Waals surface area contributed by atoms with Gasteiger partial charge in [-0.1, -0.05) is 0 Å². The van der Waals surface area contributed by atoms with Crippen molar-refractivity contribution < 1.29 is 22.7 Å². The zero-order valence-corrected chi connectivity index (χ0v) is 13.4. The van der Waals surface area contributed by atoms with Gasteiger partial charge in [0.25, 0.3) is 0 Å². The summed E-state index contributed by atoms with van der Waals surface area (Å²) in [7, 11) is 0. The molecule has 0 aliphatic carbocycles. The van der Waals surface area contributed by atoms with Crippen LogP contribution in [0.3, 0.4) is 0 Å². The van der Waals surface area contributed by atoms with Crippen molar-refractivity contribution in [3.8, 4) is 5.75 Å². The Balaban J connectivity index is 1.62. The molecule has 0 atom stereocenters. The Morgan fingerprint density at radius 1 is 0.920 bits per heavy atom. The molecule has 3 rings (SSSR count). The molecule has 134 valence electrons. The number of alkyl halides is 3. The van der Waals surface area contributed by atoms with E-state index in [-0.39, 0.29) is 12.3 Å². The molecule has 0 unspecified atom stereocenters. The van der Waals surface area contributed by atoms with Crippen LogP contribution >= 0.6 is 0 Å². The van der Waals surface area contributed by atoms with Gasteiger partial charge in [0.15, 0.2) is 0 Å². The van der Waals surface area contributed by atoms with Gasteiger partial charge in [0.1, 0.15) is 11.6 Å². The summed E-state index contributed by atoms with van der Waals surface area (Å²) in [5.74, 6) is -0.665. The Morgan fingerprint density at radius 2 is 1.56 bits per heavy atom. The number of nitrogens with zero attached hydrogens (tertiary/aromatic N) is 2. The molecule has 0 bridgehead atoms. The van der Waals surface area contributed by atoms with Gasteiger partial charge < -0.3 is 10.0 Å². The molecular formula is C18H18F4N2O. The van der Waals surface area contributed by atoms with Crippen molar-refractivity contribution in [3.05, 3.63) is 59.4 Å². The van der Waals surface area contributed by atoms with Crippen LogP contribution in [0.5, 0.6) is 5.75 Å². The molecule has 0 spiro atoms. The van der Waals surface area contributed by atoms with Crippen molar-refractivity contribution in [1.82, 2.24) is 4.90 Å². The predicted octanol–water partition coefficient (Wildman–Crippen LogP) is 3.87. The quantitative estimate of drug-likeness (QED) is 0.848. The number of benzene rings is 2. The Hall–Kier alpha value is -2.28. The molecule has 1 aliphatic heterocycles. The molecule has 0 saturated carbocycles. The highest BCUT2D eigenvalue weighted by Gasteiger charge is 2.31. The van der Waals surface area contributed by atoms with Crippen molar-refractivity contribution in [2.75, 3.05) is 31.1 Å². The van der Waals surface area contributed by atoms with Gasteiger partial charge in [-0.25, -0.2) is 4.39 Å². The zero-order chi connectivity index (χ0) is 18.0. The molecule has 1 N–H and O–H groups in total. The van der Waals surface area contributed by atoms with E-state index in [1.807, 2.05) is 17.0 Å². The Bertz CT molecular complexity index is 723. The van der Waals surface area contributed by atoms with E-state index in [0.29, 0.717) is 37.8 Å². The fourth-order valence-electron chi connectivity index (χ4n) is 2.99. The van der Waals surface area contributed by atoms with E-state index in [9.17, 15) is 22.7 Å². The summed E-state index contributed by atoms with van der Waals surface area (Å²) in [5, 5.41) is 9.33. The topological polar surface area (TPSA) is 26.7 Å². The number of hydrogen-bond acceptors (Lipinski definition) is 3. The minimum absolute atomic E-state index is 0.203. The maximum absolute atomic E-state index is 13.5. The van der Waals surface area contributed by atoms with Gasteiger partial charge in [-0.2, -0.15) is 13.2 Å². The molecule has 25 heavy (non-hydrogen) atoms. The van der Waals surface area contributed by atoms with Gasteiger partial charge in [0.2, 0.25) is 0 Å². The summed E-state index contributed by atoms with van der Waals surface area (Å²) in [6.07, 6.45) is -4.55. The summed E-state index contributed by atoms with van der Waals surface area (Å²) in [4.78, 5) is 4.15. The lowest BCUT2D eigenvalue weighted by atomic mass is 10.1. The maximum Gasteiger partial charge on any atom is 0.416 e. The first-order valence-corrected chi connectivity index (χ1v) is 7.94. The fourth-order valence-corrected chi connectivity index (χ4v) is 2.99. The first-order valence-electron chi connectivity index (χ1n) is 7.94. The molecule has 2 aromatic carbocycles. The van der Waals surface area contributed by atoms with Crippen LogP contribution in [0.4, 0.5) is 23.2 Å². The monoisotopic (exact) mass is 354 g/mol. The zero-order valence-electron chi connectivity index (χ0n) is 13.4. The maximum atomic E-state index is 13.5. The molecule has 0 aromatic heterocycles. The Morgan fingerprint density at radius 3 is 2.16 bits per heavy atom. The number of rotatable bonds is 3. The minimum atomic E-state index is -4.55. The normalized spacial score (nSPS) is 16.2. The first-order chi connectivity index (χ1) is 11.8. The lowest BCUT2D eigenvalue weighted by molar-refractivity contribution is -0.137. The van der Waals surface area contributed by atoms with Crippen molar-refractivity contribution in [3.63, 3.8) is 0 Å². The van der Waals surface area contributed by atoms with Crippen LogP contribution in [0, 0.1) is 5.82 Å². The van der Waals surface area contributed by atoms with Crippen LogP contribution in [-0.4, -0.2) is 36.2 Å². The fraction of sp³-hybridized carbons (Fsp3) is 0.333. The van der Waals surface area contributed by atoms with Crippen molar-refractivity contribution in [1.29, 1.82) is 0 Å². The highest BCUT2D eigenvalue weighted by molar-refractivity contribution is 5.49. The number of halogens is 4. The predicted molar refractivity (Wildman–Crippen MR) is 87.0 cm³/mol. The molecule has 3 nitrogen and oxygen atoms in total. The van der Waals surface area contributed by atoms with Gasteiger partial charge in [0, 0.05) is 38.4 Å². The number of phenolic OH excluding ortho intramolecular Hbond substituents is 1. The molecule has 0 amide bonds. The number of aromatic hydroxyl groups is 1. The second-order valence-electron chi connectivity index (χ2n) is 6.13. The third kappa shape index (κ3) is 4.42. The molecule has 1 aliphatic rings. The standard InChI is InChI=1S/C18H18F4N2O/c19-15-10-13(9-14(11-15)18(20,21)22)12-23-5-7-24(8-6-23)16-1-3-17(25)4-2-16/h1-4,9-11,25H,5-8,12H2.